The van der Waals surface area contributed by atoms with Crippen molar-refractivity contribution in [2.75, 3.05) is 0 Å². The maximum absolute atomic E-state index is 6.26. The van der Waals surface area contributed by atoms with Crippen LogP contribution in [0, 0.1) is 0 Å². The highest BCUT2D eigenvalue weighted by Gasteiger charge is 2.21. The second-order valence-electron chi connectivity index (χ2n) is 13.8. The Morgan fingerprint density at radius 3 is 1.79 bits per heavy atom. The molecule has 0 saturated heterocycles. The van der Waals surface area contributed by atoms with Crippen LogP contribution in [0.4, 0.5) is 0 Å². The third kappa shape index (κ3) is 5.27. The molecule has 0 N–H and O–H groups in total. The molecule has 11 rings (SSSR count). The van der Waals surface area contributed by atoms with Crippen molar-refractivity contribution in [2.45, 2.75) is 0 Å². The predicted octanol–water partition coefficient (Wildman–Crippen LogP) is 12.6. The van der Waals surface area contributed by atoms with E-state index in [0.29, 0.717) is 23.2 Å². The number of nitrogens with zero attached hydrogens (tertiary/aromatic N) is 5. The average molecular weight is 718 g/mol. The molecule has 0 bridgehead atoms. The molecule has 0 saturated carbocycles. The van der Waals surface area contributed by atoms with Gasteiger partial charge in [-0.05, 0) is 64.7 Å². The Labute approximate surface area is 322 Å². The van der Waals surface area contributed by atoms with Gasteiger partial charge in [0.25, 0.3) is 0 Å². The van der Waals surface area contributed by atoms with Crippen molar-refractivity contribution >= 4 is 43.7 Å². The van der Waals surface area contributed by atoms with Crippen LogP contribution < -0.4 is 0 Å². The smallest absolute Gasteiger partial charge is 0.183 e. The monoisotopic (exact) mass is 717 g/mol. The minimum atomic E-state index is 0.476. The van der Waals surface area contributed by atoms with Crippen LogP contribution in [0.1, 0.15) is 0 Å². The van der Waals surface area contributed by atoms with Crippen LogP contribution in [-0.4, -0.2) is 24.5 Å². The molecule has 0 spiro atoms. The van der Waals surface area contributed by atoms with E-state index in [1.165, 1.54) is 21.8 Å². The van der Waals surface area contributed by atoms with Gasteiger partial charge in [-0.15, -0.1) is 0 Å². The maximum atomic E-state index is 6.26. The molecule has 4 heterocycles. The van der Waals surface area contributed by atoms with E-state index in [0.717, 1.165) is 61.0 Å². The molecule has 11 aromatic rings. The normalized spacial score (nSPS) is 11.6. The molecule has 0 fully saturated rings. The van der Waals surface area contributed by atoms with Crippen LogP contribution in [0.5, 0.6) is 0 Å². The maximum Gasteiger partial charge on any atom is 0.183 e. The molecule has 0 atom stereocenters. The summed E-state index contributed by atoms with van der Waals surface area (Å²) in [6, 6.07) is 62.8. The molecule has 0 aliphatic heterocycles. The van der Waals surface area contributed by atoms with E-state index in [2.05, 4.69) is 150 Å². The number of benzene rings is 7. The summed E-state index contributed by atoms with van der Waals surface area (Å²) in [5.74, 6) is 1.60. The number of furan rings is 1. The SMILES string of the molecule is c1ccc(-c2cccc(-c3nc(-c4ccccc4-c4ccc(-n5c6ccccc6c6ccccc65)cc4)nc(-c4nccc5oc6ccccc6c45)n3)c2)cc1. The summed E-state index contributed by atoms with van der Waals surface area (Å²) >= 11 is 0. The summed E-state index contributed by atoms with van der Waals surface area (Å²) in [5.41, 5.74) is 11.7. The van der Waals surface area contributed by atoms with Crippen molar-refractivity contribution in [1.82, 2.24) is 24.5 Å². The average Bonchev–Trinajstić information content (AvgIpc) is 3.83. The van der Waals surface area contributed by atoms with Gasteiger partial charge in [-0.25, -0.2) is 15.0 Å². The Kier molecular flexibility index (Phi) is 7.38. The van der Waals surface area contributed by atoms with Gasteiger partial charge in [0.15, 0.2) is 17.5 Å². The fourth-order valence-electron chi connectivity index (χ4n) is 7.96. The van der Waals surface area contributed by atoms with Crippen molar-refractivity contribution in [1.29, 1.82) is 0 Å². The fraction of sp³-hybridized carbons (Fsp3) is 0. The summed E-state index contributed by atoms with van der Waals surface area (Å²) in [5, 5.41) is 4.31. The first-order valence-electron chi connectivity index (χ1n) is 18.6. The highest BCUT2D eigenvalue weighted by molar-refractivity contribution is 6.11. The third-order valence-corrected chi connectivity index (χ3v) is 10.5. The Hall–Kier alpha value is -7.70. The molecule has 4 aromatic heterocycles. The lowest BCUT2D eigenvalue weighted by molar-refractivity contribution is 0.668. The van der Waals surface area contributed by atoms with E-state index in [9.17, 15) is 0 Å². The lowest BCUT2D eigenvalue weighted by atomic mass is 9.98. The summed E-state index contributed by atoms with van der Waals surface area (Å²) in [4.78, 5) is 20.4. The number of hydrogen-bond acceptors (Lipinski definition) is 5. The van der Waals surface area contributed by atoms with Crippen molar-refractivity contribution in [3.8, 4) is 62.2 Å². The third-order valence-electron chi connectivity index (χ3n) is 10.5. The van der Waals surface area contributed by atoms with E-state index < -0.39 is 0 Å². The highest BCUT2D eigenvalue weighted by Crippen LogP contribution is 2.38. The number of rotatable bonds is 6. The van der Waals surface area contributed by atoms with Gasteiger partial charge >= 0.3 is 0 Å². The van der Waals surface area contributed by atoms with Crippen LogP contribution in [0.25, 0.3) is 106 Å². The quantitative estimate of drug-likeness (QED) is 0.171. The molecular formula is C50H31N5O. The molecule has 56 heavy (non-hydrogen) atoms. The van der Waals surface area contributed by atoms with Crippen molar-refractivity contribution in [3.05, 3.63) is 188 Å². The van der Waals surface area contributed by atoms with Crippen LogP contribution in [0.3, 0.4) is 0 Å². The fourth-order valence-corrected chi connectivity index (χ4v) is 7.96. The van der Waals surface area contributed by atoms with Gasteiger partial charge in [0, 0.05) is 39.2 Å². The van der Waals surface area contributed by atoms with Crippen molar-refractivity contribution in [3.63, 3.8) is 0 Å². The summed E-state index contributed by atoms with van der Waals surface area (Å²) in [6.07, 6.45) is 1.76. The predicted molar refractivity (Wildman–Crippen MR) is 226 cm³/mol. The minimum absolute atomic E-state index is 0.476. The minimum Gasteiger partial charge on any atom is -0.456 e. The van der Waals surface area contributed by atoms with Crippen LogP contribution in [0.15, 0.2) is 193 Å². The van der Waals surface area contributed by atoms with Gasteiger partial charge in [0.2, 0.25) is 0 Å². The Bertz CT molecular complexity index is 3200. The number of para-hydroxylation sites is 3. The van der Waals surface area contributed by atoms with Gasteiger partial charge in [-0.3, -0.25) is 4.98 Å². The second kappa shape index (κ2) is 13.0. The first-order valence-corrected chi connectivity index (χ1v) is 18.6. The van der Waals surface area contributed by atoms with Gasteiger partial charge in [-0.2, -0.15) is 0 Å². The molecule has 262 valence electrons. The number of aromatic nitrogens is 5. The van der Waals surface area contributed by atoms with Gasteiger partial charge < -0.3 is 8.98 Å². The first kappa shape index (κ1) is 31.8. The molecule has 6 heteroatoms. The second-order valence-corrected chi connectivity index (χ2v) is 13.8. The molecule has 0 amide bonds. The van der Waals surface area contributed by atoms with Crippen LogP contribution >= 0.6 is 0 Å². The lowest BCUT2D eigenvalue weighted by Crippen LogP contribution is -2.02. The van der Waals surface area contributed by atoms with E-state index in [1.807, 2.05) is 36.4 Å². The van der Waals surface area contributed by atoms with E-state index in [-0.39, 0.29) is 0 Å². The van der Waals surface area contributed by atoms with E-state index in [1.54, 1.807) is 6.20 Å². The van der Waals surface area contributed by atoms with E-state index >= 15 is 0 Å². The molecule has 0 aliphatic carbocycles. The highest BCUT2D eigenvalue weighted by atomic mass is 16.3. The van der Waals surface area contributed by atoms with Gasteiger partial charge in [0.05, 0.1) is 16.4 Å². The summed E-state index contributed by atoms with van der Waals surface area (Å²) in [6.45, 7) is 0. The molecule has 0 unspecified atom stereocenters. The topological polar surface area (TPSA) is 69.6 Å². The zero-order valence-electron chi connectivity index (χ0n) is 30.0. The zero-order valence-corrected chi connectivity index (χ0v) is 30.0. The Morgan fingerprint density at radius 2 is 1.00 bits per heavy atom. The zero-order chi connectivity index (χ0) is 37.0. The molecular weight excluding hydrogens is 687 g/mol. The van der Waals surface area contributed by atoms with Crippen molar-refractivity contribution in [2.24, 2.45) is 0 Å². The largest absolute Gasteiger partial charge is 0.456 e. The molecule has 7 aromatic carbocycles. The van der Waals surface area contributed by atoms with Gasteiger partial charge in [-0.1, -0.05) is 140 Å². The molecule has 0 aliphatic rings. The number of hydrogen-bond donors (Lipinski definition) is 0. The number of pyridine rings is 1. The lowest BCUT2D eigenvalue weighted by Gasteiger charge is -2.13. The molecule has 6 nitrogen and oxygen atoms in total. The molecule has 0 radical (unpaired) electrons. The Balaban J connectivity index is 1.08. The van der Waals surface area contributed by atoms with Crippen LogP contribution in [0.2, 0.25) is 0 Å². The van der Waals surface area contributed by atoms with Gasteiger partial charge in [0.1, 0.15) is 16.9 Å². The first-order chi connectivity index (χ1) is 27.8. The number of fused-ring (bicyclic) bond motifs is 6. The van der Waals surface area contributed by atoms with Crippen molar-refractivity contribution < 1.29 is 4.42 Å². The summed E-state index contributed by atoms with van der Waals surface area (Å²) in [7, 11) is 0. The van der Waals surface area contributed by atoms with E-state index in [4.69, 9.17) is 24.4 Å². The Morgan fingerprint density at radius 1 is 0.393 bits per heavy atom. The summed E-state index contributed by atoms with van der Waals surface area (Å²) < 4.78 is 8.59. The van der Waals surface area contributed by atoms with Crippen LogP contribution in [-0.2, 0) is 0 Å². The standard InChI is InChI=1S/C50H31N5O/c1-2-13-32(14-3-1)34-15-12-16-35(31-34)48-52-49(54-50(53-48)47-46-41-21-8-11-24-44(41)56-45(46)29-30-51-47)40-20-5-4-17-37(40)33-25-27-36(28-26-33)55-42-22-9-6-18-38(42)39-19-7-10-23-43(39)55/h1-31H.